The van der Waals surface area contributed by atoms with Crippen molar-refractivity contribution in [1.29, 1.82) is 0 Å². The molecule has 3 unspecified atom stereocenters. The van der Waals surface area contributed by atoms with Gasteiger partial charge < -0.3 is 15.5 Å². The number of nitrogens with one attached hydrogen (secondary N) is 2. The van der Waals surface area contributed by atoms with Crippen molar-refractivity contribution >= 4 is 25.9 Å². The van der Waals surface area contributed by atoms with Gasteiger partial charge in [0.2, 0.25) is 17.5 Å². The van der Waals surface area contributed by atoms with Crippen molar-refractivity contribution in [2.45, 2.75) is 57.4 Å². The summed E-state index contributed by atoms with van der Waals surface area (Å²) < 4.78 is 0. The van der Waals surface area contributed by atoms with Gasteiger partial charge in [-0.3, -0.25) is 24.5 Å². The number of hydrogen-bond donors (Lipinski definition) is 2. The highest BCUT2D eigenvalue weighted by molar-refractivity contribution is 6.14. The summed E-state index contributed by atoms with van der Waals surface area (Å²) in [6.07, 6.45) is 11.0. The minimum Gasteiger partial charge on any atom is -0.386 e. The number of carbonyl (C=O) groups excluding carboxylic acids is 3. The standard InChI is InChI=1S/C22H29BN4O5/c1-15-9-18(11-21(29)25-15)22(30)26-8-4-3-5-20(13-26)24-12-17(14-28)6-7-19(23)10-16(2)27(31)32/h6-7,10-12,14-15,19-20,24H,3-5,8-9,13H2,1-2H3,(H,25,29)/b7-6?,16-10+,17-12-. The molecule has 0 aromatic carbocycles. The first kappa shape index (κ1) is 25.1. The zero-order valence-electron chi connectivity index (χ0n) is 18.5. The number of nitro groups is 1. The summed E-state index contributed by atoms with van der Waals surface area (Å²) >= 11 is 0. The lowest BCUT2D eigenvalue weighted by Crippen LogP contribution is -2.44. The molecule has 2 aliphatic rings. The van der Waals surface area contributed by atoms with E-state index >= 15 is 0 Å². The number of likely N-dealkylation sites (tertiary alicyclic amines) is 1. The third kappa shape index (κ3) is 7.83. The maximum absolute atomic E-state index is 13.0. The highest BCUT2D eigenvalue weighted by Crippen LogP contribution is 2.18. The minimum atomic E-state index is -0.696. The lowest BCUT2D eigenvalue weighted by Gasteiger charge is -2.28. The van der Waals surface area contributed by atoms with Crippen molar-refractivity contribution in [3.05, 3.63) is 57.5 Å². The normalized spacial score (nSPS) is 23.8. The van der Waals surface area contributed by atoms with Gasteiger partial charge in [-0.2, -0.15) is 0 Å². The second kappa shape index (κ2) is 12.0. The van der Waals surface area contributed by atoms with E-state index < -0.39 is 10.7 Å². The molecule has 0 aliphatic carbocycles. The average Bonchev–Trinajstić information content (AvgIpc) is 2.98. The van der Waals surface area contributed by atoms with Crippen LogP contribution >= 0.6 is 0 Å². The Morgan fingerprint density at radius 1 is 1.44 bits per heavy atom. The fourth-order valence-corrected chi connectivity index (χ4v) is 3.65. The number of carbonyl (C=O) groups is 3. The Morgan fingerprint density at radius 2 is 2.19 bits per heavy atom. The van der Waals surface area contributed by atoms with Crippen molar-refractivity contribution < 1.29 is 19.3 Å². The van der Waals surface area contributed by atoms with Gasteiger partial charge in [0.05, 0.1) is 12.8 Å². The van der Waals surface area contributed by atoms with Crippen LogP contribution in [0.3, 0.4) is 0 Å². The molecule has 2 amide bonds. The second-order valence-electron chi connectivity index (χ2n) is 8.16. The average molecular weight is 440 g/mol. The third-order valence-electron chi connectivity index (χ3n) is 5.31. The maximum Gasteiger partial charge on any atom is 0.250 e. The summed E-state index contributed by atoms with van der Waals surface area (Å²) in [4.78, 5) is 48.0. The van der Waals surface area contributed by atoms with E-state index in [0.717, 1.165) is 19.3 Å². The van der Waals surface area contributed by atoms with E-state index in [0.29, 0.717) is 36.9 Å². The van der Waals surface area contributed by atoms with Gasteiger partial charge in [-0.1, -0.05) is 12.2 Å². The molecule has 0 saturated carbocycles. The Labute approximate surface area is 189 Å². The summed E-state index contributed by atoms with van der Waals surface area (Å²) in [5, 5.41) is 16.6. The monoisotopic (exact) mass is 440 g/mol. The smallest absolute Gasteiger partial charge is 0.250 e. The molecule has 2 aliphatic heterocycles. The Bertz CT molecular complexity index is 864. The molecule has 2 N–H and O–H groups in total. The fraction of sp³-hybridized carbons (Fsp3) is 0.500. The van der Waals surface area contributed by atoms with Crippen LogP contribution in [0.25, 0.3) is 0 Å². The first-order valence-corrected chi connectivity index (χ1v) is 10.7. The molecular formula is C22H29BN4O5. The number of rotatable bonds is 8. The van der Waals surface area contributed by atoms with E-state index in [2.05, 4.69) is 10.6 Å². The lowest BCUT2D eigenvalue weighted by atomic mass is 9.86. The van der Waals surface area contributed by atoms with Gasteiger partial charge in [0, 0.05) is 55.5 Å². The van der Waals surface area contributed by atoms with Crippen LogP contribution in [-0.4, -0.2) is 60.9 Å². The van der Waals surface area contributed by atoms with Gasteiger partial charge in [-0.25, -0.2) is 0 Å². The Morgan fingerprint density at radius 3 is 2.84 bits per heavy atom. The van der Waals surface area contributed by atoms with Crippen molar-refractivity contribution in [2.75, 3.05) is 13.1 Å². The predicted molar refractivity (Wildman–Crippen MR) is 121 cm³/mol. The van der Waals surface area contributed by atoms with E-state index in [4.69, 9.17) is 7.85 Å². The molecular weight excluding hydrogens is 411 g/mol. The van der Waals surface area contributed by atoms with Crippen molar-refractivity contribution in [3.8, 4) is 0 Å². The summed E-state index contributed by atoms with van der Waals surface area (Å²) in [7, 11) is 5.81. The molecule has 2 rings (SSSR count). The highest BCUT2D eigenvalue weighted by Gasteiger charge is 2.27. The van der Waals surface area contributed by atoms with Crippen molar-refractivity contribution in [1.82, 2.24) is 15.5 Å². The summed E-state index contributed by atoms with van der Waals surface area (Å²) in [6, 6.07) is -0.127. The minimum absolute atomic E-state index is 0.0504. The van der Waals surface area contributed by atoms with Crippen LogP contribution in [0.2, 0.25) is 5.82 Å². The van der Waals surface area contributed by atoms with Gasteiger partial charge in [0.15, 0.2) is 6.29 Å². The number of aldehydes is 1. The number of hydrogen-bond acceptors (Lipinski definition) is 6. The van der Waals surface area contributed by atoms with Crippen LogP contribution in [0.15, 0.2) is 47.3 Å². The SMILES string of the molecule is [B]C(C=C/C(C=O)=C/NC1CCCCN(C(=O)C2=CC(=O)NC(C)C2)C1)/C=C(\C)[N+](=O)[O-]. The van der Waals surface area contributed by atoms with Gasteiger partial charge in [-0.05, 0) is 44.5 Å². The van der Waals surface area contributed by atoms with Crippen LogP contribution in [0, 0.1) is 10.1 Å². The third-order valence-corrected chi connectivity index (χ3v) is 5.31. The summed E-state index contributed by atoms with van der Waals surface area (Å²) in [6.45, 7) is 4.29. The Balaban J connectivity index is 2.02. The molecule has 0 spiro atoms. The molecule has 0 bridgehead atoms. The van der Waals surface area contributed by atoms with Crippen LogP contribution in [0.5, 0.6) is 0 Å². The molecule has 9 nitrogen and oxygen atoms in total. The first-order valence-electron chi connectivity index (χ1n) is 10.7. The first-order chi connectivity index (χ1) is 15.2. The molecule has 2 radical (unpaired) electrons. The molecule has 32 heavy (non-hydrogen) atoms. The lowest BCUT2D eigenvalue weighted by molar-refractivity contribution is -0.424. The molecule has 1 saturated heterocycles. The van der Waals surface area contributed by atoms with E-state index in [1.807, 2.05) is 6.92 Å². The molecule has 1 fully saturated rings. The quantitative estimate of drug-likeness (QED) is 0.148. The summed E-state index contributed by atoms with van der Waals surface area (Å²) in [5.74, 6) is -1.07. The van der Waals surface area contributed by atoms with Crippen LogP contribution in [0.4, 0.5) is 0 Å². The maximum atomic E-state index is 13.0. The largest absolute Gasteiger partial charge is 0.386 e. The topological polar surface area (TPSA) is 122 Å². The van der Waals surface area contributed by atoms with E-state index in [9.17, 15) is 24.5 Å². The molecule has 0 aromatic heterocycles. The van der Waals surface area contributed by atoms with Crippen LogP contribution in [-0.2, 0) is 14.4 Å². The zero-order chi connectivity index (χ0) is 23.7. The van der Waals surface area contributed by atoms with Crippen LogP contribution in [0.1, 0.15) is 39.5 Å². The van der Waals surface area contributed by atoms with Crippen molar-refractivity contribution in [3.63, 3.8) is 0 Å². The number of allylic oxidation sites excluding steroid dienone is 5. The predicted octanol–water partition coefficient (Wildman–Crippen LogP) is 1.57. The fourth-order valence-electron chi connectivity index (χ4n) is 3.65. The number of amides is 2. The van der Waals surface area contributed by atoms with E-state index in [-0.39, 0.29) is 29.6 Å². The molecule has 10 heteroatoms. The van der Waals surface area contributed by atoms with E-state index in [1.165, 1.54) is 31.2 Å². The Kier molecular flexibility index (Phi) is 9.43. The molecule has 2 heterocycles. The van der Waals surface area contributed by atoms with Gasteiger partial charge in [-0.15, -0.1) is 0 Å². The van der Waals surface area contributed by atoms with Crippen LogP contribution < -0.4 is 10.6 Å². The van der Waals surface area contributed by atoms with E-state index in [1.54, 1.807) is 11.1 Å². The molecule has 170 valence electrons. The second-order valence-corrected chi connectivity index (χ2v) is 8.16. The van der Waals surface area contributed by atoms with Gasteiger partial charge >= 0.3 is 0 Å². The summed E-state index contributed by atoms with van der Waals surface area (Å²) in [5.41, 5.74) is 0.774. The van der Waals surface area contributed by atoms with Crippen molar-refractivity contribution in [2.24, 2.45) is 0 Å². The molecule has 3 atom stereocenters. The Hall–Kier alpha value is -3.17. The van der Waals surface area contributed by atoms with Gasteiger partial charge in [0.1, 0.15) is 0 Å². The van der Waals surface area contributed by atoms with Gasteiger partial charge in [0.25, 0.3) is 0 Å². The highest BCUT2D eigenvalue weighted by atomic mass is 16.6. The molecule has 0 aromatic rings. The number of nitrogens with zero attached hydrogens (tertiary/aromatic N) is 2. The zero-order valence-corrected chi connectivity index (χ0v) is 18.5.